The molecule has 0 spiro atoms. The second kappa shape index (κ2) is 10.4. The summed E-state index contributed by atoms with van der Waals surface area (Å²) in [6.07, 6.45) is 1.52. The Morgan fingerprint density at radius 3 is 2.00 bits per heavy atom. The van der Waals surface area contributed by atoms with Crippen molar-refractivity contribution in [2.45, 2.75) is 19.4 Å². The topological polar surface area (TPSA) is 74.2 Å². The van der Waals surface area contributed by atoms with Gasteiger partial charge < -0.3 is 24.1 Å². The van der Waals surface area contributed by atoms with Gasteiger partial charge in [-0.15, -0.1) is 0 Å². The summed E-state index contributed by atoms with van der Waals surface area (Å²) in [5.41, 5.74) is 6.15. The van der Waals surface area contributed by atoms with Gasteiger partial charge in [0.2, 0.25) is 0 Å². The molecule has 0 fully saturated rings. The number of benzene rings is 3. The zero-order chi connectivity index (χ0) is 24.1. The van der Waals surface area contributed by atoms with Gasteiger partial charge in [-0.25, -0.2) is 4.79 Å². The van der Waals surface area contributed by atoms with E-state index < -0.39 is 12.1 Å². The molecule has 1 atom stereocenters. The molecule has 0 amide bonds. The Morgan fingerprint density at radius 2 is 1.50 bits per heavy atom. The number of carboxylic acid groups (broad SMARTS) is 1. The number of rotatable bonds is 10. The fourth-order valence-electron chi connectivity index (χ4n) is 4.31. The molecule has 0 bridgehead atoms. The molecule has 1 aliphatic rings. The zero-order valence-corrected chi connectivity index (χ0v) is 19.5. The van der Waals surface area contributed by atoms with Gasteiger partial charge in [-0.2, -0.15) is 0 Å². The maximum absolute atomic E-state index is 11.3. The largest absolute Gasteiger partial charge is 0.496 e. The van der Waals surface area contributed by atoms with Crippen LogP contribution in [0.15, 0.2) is 66.7 Å². The third-order valence-electron chi connectivity index (χ3n) is 5.85. The highest BCUT2D eigenvalue weighted by Gasteiger charge is 2.29. The van der Waals surface area contributed by atoms with E-state index in [4.69, 9.17) is 18.9 Å². The predicted octanol–water partition coefficient (Wildman–Crippen LogP) is 5.23. The van der Waals surface area contributed by atoms with Gasteiger partial charge in [0.05, 0.1) is 14.2 Å². The fourth-order valence-corrected chi connectivity index (χ4v) is 4.31. The van der Waals surface area contributed by atoms with Crippen LogP contribution in [0.4, 0.5) is 0 Å². The molecular formula is C28H28O6. The van der Waals surface area contributed by atoms with Crippen molar-refractivity contribution < 1.29 is 28.8 Å². The number of fused-ring (bicyclic) bond motifs is 3. The summed E-state index contributed by atoms with van der Waals surface area (Å²) in [5, 5.41) is 9.27. The van der Waals surface area contributed by atoms with Crippen LogP contribution in [0.3, 0.4) is 0 Å². The molecule has 6 heteroatoms. The Bertz CT molecular complexity index is 1140. The van der Waals surface area contributed by atoms with Crippen molar-refractivity contribution in [2.24, 2.45) is 0 Å². The van der Waals surface area contributed by atoms with Crippen LogP contribution in [-0.4, -0.2) is 44.6 Å². The first-order valence-electron chi connectivity index (χ1n) is 11.2. The quantitative estimate of drug-likeness (QED) is 0.349. The fraction of sp³-hybridized carbons (Fsp3) is 0.250. The lowest BCUT2D eigenvalue weighted by atomic mass is 10.0. The van der Waals surface area contributed by atoms with Crippen molar-refractivity contribution >= 4 is 11.5 Å². The summed E-state index contributed by atoms with van der Waals surface area (Å²) >= 11 is 0. The number of aliphatic carboxylic acids is 1. The molecule has 0 radical (unpaired) electrons. The summed E-state index contributed by atoms with van der Waals surface area (Å²) in [5.74, 6) is 1.35. The van der Waals surface area contributed by atoms with Gasteiger partial charge in [0, 0.05) is 24.2 Å². The van der Waals surface area contributed by atoms with Crippen LogP contribution in [0.1, 0.15) is 23.6 Å². The minimum atomic E-state index is -0.959. The highest BCUT2D eigenvalue weighted by molar-refractivity contribution is 6.05. The van der Waals surface area contributed by atoms with Gasteiger partial charge in [-0.3, -0.25) is 0 Å². The van der Waals surface area contributed by atoms with E-state index in [1.165, 1.54) is 0 Å². The third-order valence-corrected chi connectivity index (χ3v) is 5.85. The Hall–Kier alpha value is -3.77. The SMILES string of the molecule is CCOC(Cc1ccc(OCC=C2c3cccc(OC)c3-c3c(OC)cccc32)cc1)C(=O)O. The minimum absolute atomic E-state index is 0.310. The molecule has 1 unspecified atom stereocenters. The van der Waals surface area contributed by atoms with Gasteiger partial charge >= 0.3 is 5.97 Å². The van der Waals surface area contributed by atoms with Gasteiger partial charge in [-0.1, -0.05) is 36.4 Å². The Kier molecular flexibility index (Phi) is 7.18. The lowest BCUT2D eigenvalue weighted by Gasteiger charge is -2.12. The molecule has 176 valence electrons. The van der Waals surface area contributed by atoms with Crippen LogP contribution in [0, 0.1) is 0 Å². The molecule has 4 rings (SSSR count). The molecule has 0 aromatic heterocycles. The highest BCUT2D eigenvalue weighted by atomic mass is 16.5. The van der Waals surface area contributed by atoms with E-state index in [1.54, 1.807) is 21.1 Å². The Balaban J connectivity index is 1.54. The zero-order valence-electron chi connectivity index (χ0n) is 19.5. The average molecular weight is 461 g/mol. The van der Waals surface area contributed by atoms with E-state index in [-0.39, 0.29) is 0 Å². The van der Waals surface area contributed by atoms with Crippen LogP contribution in [-0.2, 0) is 16.0 Å². The molecule has 0 saturated heterocycles. The first-order valence-corrected chi connectivity index (χ1v) is 11.2. The number of carbonyl (C=O) groups is 1. The smallest absolute Gasteiger partial charge is 0.333 e. The van der Waals surface area contributed by atoms with Crippen molar-refractivity contribution in [3.05, 3.63) is 83.4 Å². The number of hydrogen-bond acceptors (Lipinski definition) is 5. The van der Waals surface area contributed by atoms with E-state index in [9.17, 15) is 9.90 Å². The van der Waals surface area contributed by atoms with Gasteiger partial charge in [0.25, 0.3) is 0 Å². The number of hydrogen-bond donors (Lipinski definition) is 1. The lowest BCUT2D eigenvalue weighted by Crippen LogP contribution is -2.26. The third kappa shape index (κ3) is 4.63. The maximum Gasteiger partial charge on any atom is 0.333 e. The van der Waals surface area contributed by atoms with Crippen LogP contribution >= 0.6 is 0 Å². The van der Waals surface area contributed by atoms with Crippen molar-refractivity contribution in [3.8, 4) is 28.4 Å². The van der Waals surface area contributed by atoms with Crippen LogP contribution in [0.25, 0.3) is 16.7 Å². The molecular weight excluding hydrogens is 432 g/mol. The van der Waals surface area contributed by atoms with Gasteiger partial charge in [-0.05, 0) is 59.5 Å². The standard InChI is InChI=1S/C28H28O6/c1-4-33-25(28(29)30)17-18-11-13-19(14-12-18)34-16-15-20-21-7-5-9-23(31-2)26(21)27-22(20)8-6-10-24(27)32-3/h5-15,25H,4,16-17H2,1-3H3,(H,29,30). The second-order valence-electron chi connectivity index (χ2n) is 7.82. The van der Waals surface area contributed by atoms with E-state index in [2.05, 4.69) is 18.2 Å². The summed E-state index contributed by atoms with van der Waals surface area (Å²) in [7, 11) is 3.35. The first-order chi connectivity index (χ1) is 16.6. The molecule has 0 saturated carbocycles. The van der Waals surface area contributed by atoms with Crippen molar-refractivity contribution in [1.29, 1.82) is 0 Å². The number of carboxylic acids is 1. The van der Waals surface area contributed by atoms with Gasteiger partial charge in [0.1, 0.15) is 23.9 Å². The van der Waals surface area contributed by atoms with Crippen LogP contribution in [0.5, 0.6) is 17.2 Å². The monoisotopic (exact) mass is 460 g/mol. The second-order valence-corrected chi connectivity index (χ2v) is 7.82. The van der Waals surface area contributed by atoms with E-state index in [0.29, 0.717) is 25.4 Å². The number of methoxy groups -OCH3 is 2. The van der Waals surface area contributed by atoms with Crippen molar-refractivity contribution in [3.63, 3.8) is 0 Å². The molecule has 1 N–H and O–H groups in total. The summed E-state index contributed by atoms with van der Waals surface area (Å²) in [4.78, 5) is 11.3. The number of ether oxygens (including phenoxy) is 4. The van der Waals surface area contributed by atoms with Crippen LogP contribution in [0.2, 0.25) is 0 Å². The van der Waals surface area contributed by atoms with Gasteiger partial charge in [0.15, 0.2) is 6.10 Å². The Labute approximate surface area is 199 Å². The highest BCUT2D eigenvalue weighted by Crippen LogP contribution is 2.52. The lowest BCUT2D eigenvalue weighted by molar-refractivity contribution is -0.149. The summed E-state index contributed by atoms with van der Waals surface area (Å²) in [6.45, 7) is 2.52. The first kappa shape index (κ1) is 23.4. The minimum Gasteiger partial charge on any atom is -0.496 e. The van der Waals surface area contributed by atoms with E-state index in [1.807, 2.05) is 48.5 Å². The molecule has 3 aromatic carbocycles. The predicted molar refractivity (Wildman–Crippen MR) is 131 cm³/mol. The maximum atomic E-state index is 11.3. The Morgan fingerprint density at radius 1 is 0.912 bits per heavy atom. The molecule has 3 aromatic rings. The average Bonchev–Trinajstić information content (AvgIpc) is 3.18. The molecule has 34 heavy (non-hydrogen) atoms. The van der Waals surface area contributed by atoms with Crippen molar-refractivity contribution in [2.75, 3.05) is 27.4 Å². The molecule has 6 nitrogen and oxygen atoms in total. The molecule has 1 aliphatic carbocycles. The normalized spacial score (nSPS) is 12.5. The van der Waals surface area contributed by atoms with E-state index in [0.717, 1.165) is 44.9 Å². The van der Waals surface area contributed by atoms with Crippen molar-refractivity contribution in [1.82, 2.24) is 0 Å². The molecule has 0 heterocycles. The summed E-state index contributed by atoms with van der Waals surface area (Å²) < 4.78 is 22.6. The van der Waals surface area contributed by atoms with E-state index >= 15 is 0 Å². The molecule has 0 aliphatic heterocycles. The summed E-state index contributed by atoms with van der Waals surface area (Å²) in [6, 6.07) is 19.5. The van der Waals surface area contributed by atoms with Crippen LogP contribution < -0.4 is 14.2 Å².